The normalized spacial score (nSPS) is 23.0. The summed E-state index contributed by atoms with van der Waals surface area (Å²) in [6, 6.07) is 7.46. The molecule has 1 aliphatic carbocycles. The van der Waals surface area contributed by atoms with Gasteiger partial charge < -0.3 is 5.11 Å². The monoisotopic (exact) mass is 278 g/mol. The molecule has 1 aromatic rings. The average Bonchev–Trinajstić information content (AvgIpc) is 2.46. The number of aliphatic carboxylic acids is 1. The highest BCUT2D eigenvalue weighted by atomic mass is 32.2. The van der Waals surface area contributed by atoms with E-state index in [-0.39, 0.29) is 11.7 Å². The van der Waals surface area contributed by atoms with Gasteiger partial charge in [0, 0.05) is 16.4 Å². The van der Waals surface area contributed by atoms with Crippen molar-refractivity contribution in [1.29, 1.82) is 0 Å². The highest BCUT2D eigenvalue weighted by Crippen LogP contribution is 2.34. The molecule has 102 valence electrons. The lowest BCUT2D eigenvalue weighted by molar-refractivity contribution is -0.144. The van der Waals surface area contributed by atoms with Crippen LogP contribution in [0.5, 0.6) is 0 Å². The van der Waals surface area contributed by atoms with Crippen molar-refractivity contribution < 1.29 is 14.7 Å². The first-order valence-electron chi connectivity index (χ1n) is 6.55. The van der Waals surface area contributed by atoms with E-state index in [0.717, 1.165) is 17.7 Å². The van der Waals surface area contributed by atoms with Gasteiger partial charge in [-0.05, 0) is 25.2 Å². The third-order valence-electron chi connectivity index (χ3n) is 3.79. The Morgan fingerprint density at radius 3 is 2.42 bits per heavy atom. The van der Waals surface area contributed by atoms with Crippen molar-refractivity contribution >= 4 is 23.5 Å². The van der Waals surface area contributed by atoms with E-state index >= 15 is 0 Å². The third-order valence-corrected chi connectivity index (χ3v) is 4.59. The summed E-state index contributed by atoms with van der Waals surface area (Å²) < 4.78 is 0. The first-order valence-corrected chi connectivity index (χ1v) is 7.77. The predicted molar refractivity (Wildman–Crippen MR) is 75.6 cm³/mol. The van der Waals surface area contributed by atoms with Gasteiger partial charge in [0.25, 0.3) is 0 Å². The molecule has 0 bridgehead atoms. The molecule has 0 aliphatic heterocycles. The summed E-state index contributed by atoms with van der Waals surface area (Å²) in [4.78, 5) is 24.8. The molecule has 2 atom stereocenters. The lowest BCUT2D eigenvalue weighted by Crippen LogP contribution is -2.32. The third kappa shape index (κ3) is 3.00. The fraction of sp³-hybridized carbons (Fsp3) is 0.467. The lowest BCUT2D eigenvalue weighted by atomic mass is 9.75. The molecule has 0 aromatic heterocycles. The molecule has 1 saturated carbocycles. The number of hydrogen-bond acceptors (Lipinski definition) is 3. The minimum atomic E-state index is -0.834. The van der Waals surface area contributed by atoms with Crippen molar-refractivity contribution in [3.05, 3.63) is 29.8 Å². The fourth-order valence-electron chi connectivity index (χ4n) is 2.79. The molecule has 0 spiro atoms. The Labute approximate surface area is 117 Å². The Hall–Kier alpha value is -1.29. The van der Waals surface area contributed by atoms with Crippen LogP contribution < -0.4 is 0 Å². The molecule has 0 amide bonds. The van der Waals surface area contributed by atoms with E-state index in [4.69, 9.17) is 0 Å². The summed E-state index contributed by atoms with van der Waals surface area (Å²) in [5.74, 6) is -1.72. The van der Waals surface area contributed by atoms with Crippen LogP contribution in [0.1, 0.15) is 36.0 Å². The maximum absolute atomic E-state index is 12.6. The molecule has 0 heterocycles. The van der Waals surface area contributed by atoms with Crippen LogP contribution in [0, 0.1) is 11.8 Å². The van der Waals surface area contributed by atoms with Gasteiger partial charge in [-0.25, -0.2) is 0 Å². The second kappa shape index (κ2) is 6.24. The van der Waals surface area contributed by atoms with Crippen LogP contribution in [0.25, 0.3) is 0 Å². The average molecular weight is 278 g/mol. The van der Waals surface area contributed by atoms with E-state index in [9.17, 15) is 14.7 Å². The highest BCUT2D eigenvalue weighted by Gasteiger charge is 2.36. The minimum Gasteiger partial charge on any atom is -0.481 e. The number of thioether (sulfide) groups is 1. The number of carbonyl (C=O) groups is 2. The number of ketones is 1. The number of carboxylic acid groups (broad SMARTS) is 1. The van der Waals surface area contributed by atoms with Gasteiger partial charge in [0.05, 0.1) is 5.92 Å². The minimum absolute atomic E-state index is 0.00273. The van der Waals surface area contributed by atoms with Crippen molar-refractivity contribution in [1.82, 2.24) is 0 Å². The second-order valence-electron chi connectivity index (χ2n) is 4.90. The van der Waals surface area contributed by atoms with Crippen molar-refractivity contribution in [3.8, 4) is 0 Å². The molecule has 3 nitrogen and oxygen atoms in total. The maximum Gasteiger partial charge on any atom is 0.307 e. The first-order chi connectivity index (χ1) is 9.15. The number of carbonyl (C=O) groups excluding carboxylic acids is 1. The summed E-state index contributed by atoms with van der Waals surface area (Å²) in [5.41, 5.74) is 0.674. The van der Waals surface area contributed by atoms with Gasteiger partial charge in [-0.15, -0.1) is 11.8 Å². The summed E-state index contributed by atoms with van der Waals surface area (Å²) in [7, 11) is 0. The molecule has 1 aliphatic rings. The molecule has 0 radical (unpaired) electrons. The van der Waals surface area contributed by atoms with Gasteiger partial charge in [-0.3, -0.25) is 9.59 Å². The zero-order valence-corrected chi connectivity index (χ0v) is 11.8. The Morgan fingerprint density at radius 1 is 1.16 bits per heavy atom. The van der Waals surface area contributed by atoms with Crippen molar-refractivity contribution in [2.24, 2.45) is 11.8 Å². The molecular weight excluding hydrogens is 260 g/mol. The number of rotatable bonds is 4. The zero-order chi connectivity index (χ0) is 13.8. The van der Waals surface area contributed by atoms with E-state index in [0.29, 0.717) is 18.4 Å². The Balaban J connectivity index is 2.29. The molecule has 4 heteroatoms. The zero-order valence-electron chi connectivity index (χ0n) is 11.0. The predicted octanol–water partition coefficient (Wildman–Crippen LogP) is 3.48. The van der Waals surface area contributed by atoms with Crippen LogP contribution in [0.3, 0.4) is 0 Å². The Kier molecular flexibility index (Phi) is 4.64. The second-order valence-corrected chi connectivity index (χ2v) is 5.75. The molecule has 1 fully saturated rings. The van der Waals surface area contributed by atoms with Crippen molar-refractivity contribution in [3.63, 3.8) is 0 Å². The van der Waals surface area contributed by atoms with Crippen LogP contribution in [-0.2, 0) is 4.79 Å². The summed E-state index contributed by atoms with van der Waals surface area (Å²) in [5, 5.41) is 9.27. The quantitative estimate of drug-likeness (QED) is 0.676. The standard InChI is InChI=1S/C15H18O3S/c1-19-13-9-5-4-8-12(13)14(16)10-6-2-3-7-11(10)15(17)18/h4-5,8-11H,2-3,6-7H2,1H3,(H,17,18)/t10-,11-/m0/s1. The SMILES string of the molecule is CSc1ccccc1C(=O)[C@H]1CCCC[C@@H]1C(=O)O. The number of benzene rings is 1. The topological polar surface area (TPSA) is 54.4 Å². The molecule has 0 saturated heterocycles. The Morgan fingerprint density at radius 2 is 1.79 bits per heavy atom. The van der Waals surface area contributed by atoms with Gasteiger partial charge in [-0.2, -0.15) is 0 Å². The van der Waals surface area contributed by atoms with Crippen molar-refractivity contribution in [2.75, 3.05) is 6.26 Å². The largest absolute Gasteiger partial charge is 0.481 e. The van der Waals surface area contributed by atoms with Crippen LogP contribution in [0.2, 0.25) is 0 Å². The van der Waals surface area contributed by atoms with E-state index in [1.165, 1.54) is 11.8 Å². The molecule has 0 unspecified atom stereocenters. The van der Waals surface area contributed by atoms with E-state index in [1.54, 1.807) is 0 Å². The molecular formula is C15H18O3S. The Bertz CT molecular complexity index is 484. The van der Waals surface area contributed by atoms with Gasteiger partial charge in [0.1, 0.15) is 0 Å². The van der Waals surface area contributed by atoms with E-state index < -0.39 is 11.9 Å². The highest BCUT2D eigenvalue weighted by molar-refractivity contribution is 7.98. The molecule has 2 rings (SSSR count). The molecule has 19 heavy (non-hydrogen) atoms. The summed E-state index contributed by atoms with van der Waals surface area (Å²) in [6.45, 7) is 0. The van der Waals surface area contributed by atoms with Gasteiger partial charge in [0.15, 0.2) is 5.78 Å². The molecule has 1 N–H and O–H groups in total. The van der Waals surface area contributed by atoms with Crippen LogP contribution in [0.15, 0.2) is 29.2 Å². The number of carboxylic acids is 1. The van der Waals surface area contributed by atoms with Crippen LogP contribution in [-0.4, -0.2) is 23.1 Å². The van der Waals surface area contributed by atoms with E-state index in [2.05, 4.69) is 0 Å². The fourth-order valence-corrected chi connectivity index (χ4v) is 3.39. The molecule has 1 aromatic carbocycles. The van der Waals surface area contributed by atoms with Gasteiger partial charge in [-0.1, -0.05) is 31.0 Å². The summed E-state index contributed by atoms with van der Waals surface area (Å²) in [6.07, 6.45) is 5.10. The van der Waals surface area contributed by atoms with Crippen LogP contribution in [0.4, 0.5) is 0 Å². The van der Waals surface area contributed by atoms with Crippen molar-refractivity contribution in [2.45, 2.75) is 30.6 Å². The number of hydrogen-bond donors (Lipinski definition) is 1. The van der Waals surface area contributed by atoms with Gasteiger partial charge >= 0.3 is 5.97 Å². The number of Topliss-reactive ketones (excluding diaryl/α,β-unsaturated/α-hetero) is 1. The van der Waals surface area contributed by atoms with Crippen LogP contribution >= 0.6 is 11.8 Å². The summed E-state index contributed by atoms with van der Waals surface area (Å²) >= 11 is 1.53. The smallest absolute Gasteiger partial charge is 0.307 e. The first kappa shape index (κ1) is 14.1. The maximum atomic E-state index is 12.6. The van der Waals surface area contributed by atoms with E-state index in [1.807, 2.05) is 30.5 Å². The van der Waals surface area contributed by atoms with Gasteiger partial charge in [0.2, 0.25) is 0 Å². The lowest BCUT2D eigenvalue weighted by Gasteiger charge is -2.27.